The highest BCUT2D eigenvalue weighted by Crippen LogP contribution is 2.45. The number of nitriles is 3. The van der Waals surface area contributed by atoms with E-state index < -0.39 is 5.41 Å². The number of allylic oxidation sites excluding steroid dienone is 4. The lowest BCUT2D eigenvalue weighted by molar-refractivity contribution is 0.532. The van der Waals surface area contributed by atoms with Crippen LogP contribution in [0.25, 0.3) is 0 Å². The molecule has 0 spiro atoms. The molecule has 0 atom stereocenters. The second-order valence-corrected chi connectivity index (χ2v) is 4.50. The average Bonchev–Trinajstić information content (AvgIpc) is 2.38. The molecule has 0 aromatic heterocycles. The Hall–Kier alpha value is -2.25. The van der Waals surface area contributed by atoms with Crippen molar-refractivity contribution < 1.29 is 0 Å². The Balaban J connectivity index is 2.63. The molecule has 17 heavy (non-hydrogen) atoms. The molecule has 0 aliphatic heterocycles. The number of nitrogens with two attached hydrogens (primary N) is 1. The zero-order valence-electron chi connectivity index (χ0n) is 9.45. The van der Waals surface area contributed by atoms with Gasteiger partial charge in [0.05, 0.1) is 23.4 Å². The van der Waals surface area contributed by atoms with E-state index >= 15 is 0 Å². The summed E-state index contributed by atoms with van der Waals surface area (Å²) in [5.41, 5.74) is 7.11. The molecule has 4 nitrogen and oxygen atoms in total. The zero-order valence-corrected chi connectivity index (χ0v) is 9.45. The van der Waals surface area contributed by atoms with Gasteiger partial charge < -0.3 is 5.73 Å². The van der Waals surface area contributed by atoms with Crippen molar-refractivity contribution in [3.05, 3.63) is 22.4 Å². The molecule has 2 N–H and O–H groups in total. The predicted octanol–water partition coefficient (Wildman–Crippen LogP) is 2.03. The van der Waals surface area contributed by atoms with Crippen molar-refractivity contribution >= 4 is 0 Å². The molecule has 84 valence electrons. The summed E-state index contributed by atoms with van der Waals surface area (Å²) in [5.74, 6) is 0. The first-order valence-electron chi connectivity index (χ1n) is 5.62. The summed E-state index contributed by atoms with van der Waals surface area (Å²) in [6.45, 7) is 0. The van der Waals surface area contributed by atoms with Gasteiger partial charge in [0.25, 0.3) is 0 Å². The molecule has 0 fully saturated rings. The van der Waals surface area contributed by atoms with E-state index in [9.17, 15) is 15.8 Å². The maximum Gasteiger partial charge on any atom is 0.187 e. The highest BCUT2D eigenvalue weighted by Gasteiger charge is 2.42. The zero-order chi connectivity index (χ0) is 12.5. The monoisotopic (exact) mass is 224 g/mol. The average molecular weight is 224 g/mol. The standard InChI is InChI=1S/C13H12N4/c14-6-11-10-4-2-1-3-9(10)5-13(7-15,8-16)12(11)17/h1-5,17H2. The van der Waals surface area contributed by atoms with E-state index in [0.29, 0.717) is 12.0 Å². The molecule has 2 aliphatic rings. The molecule has 0 aromatic carbocycles. The fourth-order valence-corrected chi connectivity index (χ4v) is 2.61. The minimum Gasteiger partial charge on any atom is -0.399 e. The van der Waals surface area contributed by atoms with Gasteiger partial charge >= 0.3 is 0 Å². The fourth-order valence-electron chi connectivity index (χ4n) is 2.61. The van der Waals surface area contributed by atoms with Crippen LogP contribution in [0, 0.1) is 39.4 Å². The van der Waals surface area contributed by atoms with E-state index in [4.69, 9.17) is 5.73 Å². The van der Waals surface area contributed by atoms with Gasteiger partial charge in [-0.05, 0) is 31.3 Å². The van der Waals surface area contributed by atoms with E-state index in [1.807, 2.05) is 12.1 Å². The van der Waals surface area contributed by atoms with E-state index in [0.717, 1.165) is 36.8 Å². The van der Waals surface area contributed by atoms with Crippen molar-refractivity contribution in [2.75, 3.05) is 0 Å². The van der Waals surface area contributed by atoms with Crippen LogP contribution < -0.4 is 5.73 Å². The first kappa shape index (κ1) is 11.2. The smallest absolute Gasteiger partial charge is 0.187 e. The number of hydrogen-bond acceptors (Lipinski definition) is 4. The molecule has 0 aromatic rings. The normalized spacial score (nSPS) is 22.2. The van der Waals surface area contributed by atoms with E-state index in [2.05, 4.69) is 6.07 Å². The summed E-state index contributed by atoms with van der Waals surface area (Å²) in [6, 6.07) is 6.04. The van der Waals surface area contributed by atoms with Crippen LogP contribution in [0.2, 0.25) is 0 Å². The lowest BCUT2D eigenvalue weighted by Crippen LogP contribution is -2.31. The summed E-state index contributed by atoms with van der Waals surface area (Å²) in [7, 11) is 0. The van der Waals surface area contributed by atoms with Crippen LogP contribution in [-0.4, -0.2) is 0 Å². The highest BCUT2D eigenvalue weighted by atomic mass is 14.7. The fraction of sp³-hybridized carbons (Fsp3) is 0.462. The van der Waals surface area contributed by atoms with Gasteiger partial charge in [-0.25, -0.2) is 0 Å². The SMILES string of the molecule is N#CC1=C(N)C(C#N)(C#N)CC2=C1CCCC2. The van der Waals surface area contributed by atoms with Gasteiger partial charge in [0.2, 0.25) is 0 Å². The Bertz CT molecular complexity index is 531. The summed E-state index contributed by atoms with van der Waals surface area (Å²) in [5, 5.41) is 27.6. The Kier molecular flexibility index (Phi) is 2.62. The number of nitrogens with zero attached hydrogens (tertiary/aromatic N) is 3. The van der Waals surface area contributed by atoms with Gasteiger partial charge in [-0.3, -0.25) is 0 Å². The maximum atomic E-state index is 9.20. The van der Waals surface area contributed by atoms with Crippen molar-refractivity contribution in [3.8, 4) is 18.2 Å². The molecule has 0 heterocycles. The molecule has 0 saturated heterocycles. The van der Waals surface area contributed by atoms with Crippen molar-refractivity contribution in [1.29, 1.82) is 15.8 Å². The molecule has 2 rings (SSSR count). The quantitative estimate of drug-likeness (QED) is 0.680. The van der Waals surface area contributed by atoms with Crippen LogP contribution in [0.5, 0.6) is 0 Å². The van der Waals surface area contributed by atoms with Gasteiger partial charge in [-0.15, -0.1) is 0 Å². The van der Waals surface area contributed by atoms with Crippen LogP contribution in [-0.2, 0) is 0 Å². The van der Waals surface area contributed by atoms with E-state index in [1.54, 1.807) is 0 Å². The van der Waals surface area contributed by atoms with Crippen molar-refractivity contribution in [1.82, 2.24) is 0 Å². The third-order valence-corrected chi connectivity index (χ3v) is 3.59. The first-order valence-corrected chi connectivity index (χ1v) is 5.62. The molecular formula is C13H12N4. The lowest BCUT2D eigenvalue weighted by atomic mass is 9.69. The Morgan fingerprint density at radius 2 is 1.71 bits per heavy atom. The third-order valence-electron chi connectivity index (χ3n) is 3.59. The second kappa shape index (κ2) is 3.96. The van der Waals surface area contributed by atoms with Gasteiger partial charge in [0.15, 0.2) is 5.41 Å². The largest absolute Gasteiger partial charge is 0.399 e. The predicted molar refractivity (Wildman–Crippen MR) is 60.6 cm³/mol. The molecule has 0 radical (unpaired) electrons. The summed E-state index contributed by atoms with van der Waals surface area (Å²) >= 11 is 0. The maximum absolute atomic E-state index is 9.20. The van der Waals surface area contributed by atoms with Crippen LogP contribution in [0.4, 0.5) is 0 Å². The molecule has 0 amide bonds. The van der Waals surface area contributed by atoms with Crippen LogP contribution in [0.1, 0.15) is 32.1 Å². The molecule has 0 saturated carbocycles. The summed E-state index contributed by atoms with van der Waals surface area (Å²) in [6.07, 6.45) is 4.19. The molecule has 4 heteroatoms. The Labute approximate surface area is 100 Å². The number of hydrogen-bond donors (Lipinski definition) is 1. The van der Waals surface area contributed by atoms with Gasteiger partial charge in [0.1, 0.15) is 6.07 Å². The highest BCUT2D eigenvalue weighted by molar-refractivity contribution is 5.57. The van der Waals surface area contributed by atoms with Crippen molar-refractivity contribution in [3.63, 3.8) is 0 Å². The van der Waals surface area contributed by atoms with E-state index in [-0.39, 0.29) is 5.70 Å². The topological polar surface area (TPSA) is 97.4 Å². The summed E-state index contributed by atoms with van der Waals surface area (Å²) < 4.78 is 0. The summed E-state index contributed by atoms with van der Waals surface area (Å²) in [4.78, 5) is 0. The molecular weight excluding hydrogens is 212 g/mol. The molecule has 2 aliphatic carbocycles. The van der Waals surface area contributed by atoms with Crippen LogP contribution in [0.3, 0.4) is 0 Å². The Morgan fingerprint density at radius 1 is 1.06 bits per heavy atom. The lowest BCUT2D eigenvalue weighted by Gasteiger charge is -2.32. The minimum absolute atomic E-state index is 0.144. The Morgan fingerprint density at radius 3 is 2.29 bits per heavy atom. The van der Waals surface area contributed by atoms with Crippen LogP contribution >= 0.6 is 0 Å². The number of rotatable bonds is 0. The van der Waals surface area contributed by atoms with Gasteiger partial charge in [0, 0.05) is 6.42 Å². The second-order valence-electron chi connectivity index (χ2n) is 4.50. The van der Waals surface area contributed by atoms with Gasteiger partial charge in [-0.2, -0.15) is 15.8 Å². The van der Waals surface area contributed by atoms with Gasteiger partial charge in [-0.1, -0.05) is 5.57 Å². The molecule has 0 bridgehead atoms. The molecule has 0 unspecified atom stereocenters. The first-order chi connectivity index (χ1) is 8.18. The van der Waals surface area contributed by atoms with Crippen LogP contribution in [0.15, 0.2) is 22.4 Å². The minimum atomic E-state index is -1.33. The van der Waals surface area contributed by atoms with Crippen molar-refractivity contribution in [2.24, 2.45) is 11.1 Å². The van der Waals surface area contributed by atoms with E-state index in [1.165, 1.54) is 0 Å². The van der Waals surface area contributed by atoms with Crippen molar-refractivity contribution in [2.45, 2.75) is 32.1 Å². The third kappa shape index (κ3) is 1.49.